The van der Waals surface area contributed by atoms with E-state index in [-0.39, 0.29) is 36.5 Å². The van der Waals surface area contributed by atoms with E-state index in [4.69, 9.17) is 4.74 Å². The van der Waals surface area contributed by atoms with E-state index < -0.39 is 6.04 Å². The maximum Gasteiger partial charge on any atom is 0.247 e. The lowest BCUT2D eigenvalue weighted by atomic mass is 9.95. The summed E-state index contributed by atoms with van der Waals surface area (Å²) < 4.78 is 7.79. The molecule has 2 aliphatic rings. The number of nitrogens with one attached hydrogen (secondary N) is 2. The molecule has 4 amide bonds. The van der Waals surface area contributed by atoms with Crippen molar-refractivity contribution in [3.63, 3.8) is 0 Å². The number of nitrogens with zero attached hydrogens (tertiary/aromatic N) is 3. The Morgan fingerprint density at radius 2 is 2.00 bits per heavy atom. The molecule has 1 aromatic heterocycles. The molecule has 224 valence electrons. The first-order valence-electron chi connectivity index (χ1n) is 14.1. The summed E-state index contributed by atoms with van der Waals surface area (Å²) in [5.41, 5.74) is 7.07. The van der Waals surface area contributed by atoms with E-state index in [1.165, 1.54) is 6.92 Å². The molecular formula is C29H42N6O5S. The largest absolute Gasteiger partial charge is 0.494 e. The van der Waals surface area contributed by atoms with Gasteiger partial charge in [-0.3, -0.25) is 23.9 Å². The predicted molar refractivity (Wildman–Crippen MR) is 158 cm³/mol. The van der Waals surface area contributed by atoms with Crippen LogP contribution in [0.25, 0.3) is 0 Å². The second-order valence-corrected chi connectivity index (χ2v) is 11.0. The zero-order chi connectivity index (χ0) is 29.8. The fraction of sp³-hybridized carbons (Fsp3) is 0.552. The maximum atomic E-state index is 13.3. The van der Waals surface area contributed by atoms with Crippen LogP contribution in [0, 0.1) is 12.8 Å². The van der Waals surface area contributed by atoms with Gasteiger partial charge in [-0.15, -0.1) is 0 Å². The SMILES string of the molecule is CC(N)=O.Cc1ccc2cc1CNC(=O)C(c1cnn(CCCS)c1)NC(=O)CCC(=O)N1CCCC(CCO2)C1. The quantitative estimate of drug-likeness (QED) is 0.404. The van der Waals surface area contributed by atoms with Crippen LogP contribution in [0.2, 0.25) is 0 Å². The minimum absolute atomic E-state index is 0.0226. The number of aryl methyl sites for hydroxylation is 2. The molecule has 4 bridgehead atoms. The lowest BCUT2D eigenvalue weighted by Gasteiger charge is -2.33. The number of rotatable bonds is 4. The van der Waals surface area contributed by atoms with Gasteiger partial charge < -0.3 is 26.0 Å². The van der Waals surface area contributed by atoms with Gasteiger partial charge in [-0.1, -0.05) is 6.07 Å². The second-order valence-electron chi connectivity index (χ2n) is 10.5. The standard InChI is InChI=1S/C27H37N5O4S.C2H5NO/c1-19-5-6-23-14-21(19)15-28-27(35)26(22-16-29-32(18-22)11-3-13-37)30-24(33)7-8-25(34)31-10-2-4-20(17-31)9-12-36-23;1-2(3)4/h5-6,14,16,18,20,26,37H,2-4,7-13,15,17H2,1H3,(H,28,35)(H,30,33);1H3,(H2,3,4). The highest BCUT2D eigenvalue weighted by molar-refractivity contribution is 7.80. The van der Waals surface area contributed by atoms with Crippen LogP contribution >= 0.6 is 12.6 Å². The average molecular weight is 587 g/mol. The molecule has 3 heterocycles. The third kappa shape index (κ3) is 10.4. The van der Waals surface area contributed by atoms with Crippen molar-refractivity contribution in [2.75, 3.05) is 25.4 Å². The van der Waals surface area contributed by atoms with E-state index >= 15 is 0 Å². The molecule has 41 heavy (non-hydrogen) atoms. The zero-order valence-electron chi connectivity index (χ0n) is 23.9. The van der Waals surface area contributed by atoms with Crippen LogP contribution in [0.3, 0.4) is 0 Å². The lowest BCUT2D eigenvalue weighted by molar-refractivity contribution is -0.135. The first kappa shape index (κ1) is 32.0. The molecule has 2 unspecified atom stereocenters. The van der Waals surface area contributed by atoms with Crippen molar-refractivity contribution in [3.8, 4) is 5.75 Å². The molecule has 0 radical (unpaired) electrons. The summed E-state index contributed by atoms with van der Waals surface area (Å²) in [7, 11) is 0. The Kier molecular flexibility index (Phi) is 12.5. The number of nitrogens with two attached hydrogens (primary N) is 1. The molecule has 1 aromatic carbocycles. The highest BCUT2D eigenvalue weighted by atomic mass is 32.1. The number of carbonyl (C=O) groups is 4. The van der Waals surface area contributed by atoms with E-state index in [9.17, 15) is 19.2 Å². The van der Waals surface area contributed by atoms with Gasteiger partial charge in [0.25, 0.3) is 0 Å². The fourth-order valence-electron chi connectivity index (χ4n) is 4.88. The molecule has 0 aliphatic carbocycles. The van der Waals surface area contributed by atoms with Gasteiger partial charge in [0, 0.05) is 57.7 Å². The molecular weight excluding hydrogens is 544 g/mol. The number of amides is 4. The van der Waals surface area contributed by atoms with Crippen molar-refractivity contribution in [1.82, 2.24) is 25.3 Å². The summed E-state index contributed by atoms with van der Waals surface area (Å²) in [6.45, 7) is 6.26. The number of carbonyl (C=O) groups excluding carboxylic acids is 4. The number of thiol groups is 1. The van der Waals surface area contributed by atoms with Crippen LogP contribution in [0.5, 0.6) is 5.75 Å². The predicted octanol–water partition coefficient (Wildman–Crippen LogP) is 2.28. The van der Waals surface area contributed by atoms with Crippen molar-refractivity contribution >= 4 is 36.3 Å². The normalized spacial score (nSPS) is 20.4. The maximum absolute atomic E-state index is 13.3. The molecule has 1 fully saturated rings. The van der Waals surface area contributed by atoms with Crippen LogP contribution in [0.4, 0.5) is 0 Å². The van der Waals surface area contributed by atoms with Gasteiger partial charge in [0.2, 0.25) is 23.6 Å². The topological polar surface area (TPSA) is 149 Å². The van der Waals surface area contributed by atoms with E-state index in [0.29, 0.717) is 37.7 Å². The molecule has 2 atom stereocenters. The van der Waals surface area contributed by atoms with Crippen molar-refractivity contribution < 1.29 is 23.9 Å². The number of fused-ring (bicyclic) bond motifs is 4. The number of ether oxygens (including phenoxy) is 1. The Morgan fingerprint density at radius 1 is 1.22 bits per heavy atom. The summed E-state index contributed by atoms with van der Waals surface area (Å²) in [5, 5.41) is 10.1. The van der Waals surface area contributed by atoms with E-state index in [0.717, 1.165) is 54.9 Å². The van der Waals surface area contributed by atoms with Gasteiger partial charge in [0.05, 0.1) is 12.8 Å². The Labute approximate surface area is 247 Å². The van der Waals surface area contributed by atoms with Crippen LogP contribution in [-0.2, 0) is 32.3 Å². The van der Waals surface area contributed by atoms with Gasteiger partial charge in [-0.25, -0.2) is 0 Å². The van der Waals surface area contributed by atoms with Gasteiger partial charge in [0.1, 0.15) is 11.8 Å². The number of primary amides is 1. The molecule has 0 spiro atoms. The first-order valence-corrected chi connectivity index (χ1v) is 14.8. The van der Waals surface area contributed by atoms with Crippen LogP contribution < -0.4 is 21.1 Å². The Hall–Kier alpha value is -3.54. The summed E-state index contributed by atoms with van der Waals surface area (Å²) >= 11 is 4.25. The average Bonchev–Trinajstić information content (AvgIpc) is 3.41. The smallest absolute Gasteiger partial charge is 0.247 e. The van der Waals surface area contributed by atoms with E-state index in [1.54, 1.807) is 17.1 Å². The number of hydrogen-bond donors (Lipinski definition) is 4. The summed E-state index contributed by atoms with van der Waals surface area (Å²) in [4.78, 5) is 50.1. The molecule has 12 heteroatoms. The Balaban J connectivity index is 0.00000108. The van der Waals surface area contributed by atoms with Gasteiger partial charge in [-0.2, -0.15) is 17.7 Å². The minimum atomic E-state index is -0.912. The monoisotopic (exact) mass is 586 g/mol. The second kappa shape index (κ2) is 16.0. The van der Waals surface area contributed by atoms with Crippen LogP contribution in [0.1, 0.15) is 68.2 Å². The number of aromatic nitrogens is 2. The lowest BCUT2D eigenvalue weighted by Crippen LogP contribution is -2.42. The van der Waals surface area contributed by atoms with Crippen molar-refractivity contribution in [1.29, 1.82) is 0 Å². The molecule has 11 nitrogen and oxygen atoms in total. The summed E-state index contributed by atoms with van der Waals surface area (Å²) in [6, 6.07) is 4.97. The Morgan fingerprint density at radius 3 is 2.76 bits per heavy atom. The minimum Gasteiger partial charge on any atom is -0.494 e. The number of piperidine rings is 1. The van der Waals surface area contributed by atoms with Crippen LogP contribution in [-0.4, -0.2) is 63.8 Å². The molecule has 2 aliphatic heterocycles. The number of benzene rings is 1. The molecule has 2 aromatic rings. The van der Waals surface area contributed by atoms with Crippen molar-refractivity contribution in [2.24, 2.45) is 11.7 Å². The molecule has 4 rings (SSSR count). The Bertz CT molecular complexity index is 1200. The first-order chi connectivity index (χ1) is 19.7. The molecule has 4 N–H and O–H groups in total. The van der Waals surface area contributed by atoms with Gasteiger partial charge >= 0.3 is 0 Å². The molecule has 1 saturated heterocycles. The molecule has 0 saturated carbocycles. The van der Waals surface area contributed by atoms with Crippen LogP contribution in [0.15, 0.2) is 30.6 Å². The van der Waals surface area contributed by atoms with Crippen molar-refractivity contribution in [2.45, 2.75) is 71.5 Å². The van der Waals surface area contributed by atoms with E-state index in [1.807, 2.05) is 30.0 Å². The summed E-state index contributed by atoms with van der Waals surface area (Å²) in [5.74, 6) is 0.847. The third-order valence-corrected chi connectivity index (χ3v) is 7.42. The third-order valence-electron chi connectivity index (χ3n) is 7.11. The highest BCUT2D eigenvalue weighted by Gasteiger charge is 2.27. The fourth-order valence-corrected chi connectivity index (χ4v) is 5.02. The zero-order valence-corrected chi connectivity index (χ0v) is 24.8. The van der Waals surface area contributed by atoms with Gasteiger partial charge in [0.15, 0.2) is 0 Å². The van der Waals surface area contributed by atoms with Crippen molar-refractivity contribution in [3.05, 3.63) is 47.3 Å². The number of hydrogen-bond acceptors (Lipinski definition) is 7. The van der Waals surface area contributed by atoms with E-state index in [2.05, 4.69) is 34.1 Å². The summed E-state index contributed by atoms with van der Waals surface area (Å²) in [6.07, 6.45) is 7.26. The highest BCUT2D eigenvalue weighted by Crippen LogP contribution is 2.23. The van der Waals surface area contributed by atoms with Gasteiger partial charge in [-0.05, 0) is 67.5 Å².